The first kappa shape index (κ1) is 14.5. The fraction of sp³-hybridized carbons (Fsp3) is 0.455. The van der Waals surface area contributed by atoms with Crippen LogP contribution in [0.2, 0.25) is 0 Å². The molecule has 1 N–H and O–H groups in total. The first-order valence-electron chi connectivity index (χ1n) is 5.54. The van der Waals surface area contributed by atoms with Gasteiger partial charge in [0.05, 0.1) is 11.5 Å². The minimum absolute atomic E-state index is 0.144. The van der Waals surface area contributed by atoms with E-state index in [2.05, 4.69) is 36.6 Å². The molecule has 0 spiro atoms. The van der Waals surface area contributed by atoms with Gasteiger partial charge in [-0.3, -0.25) is 0 Å². The minimum Gasteiger partial charge on any atom is -0.380 e. The number of halogens is 2. The zero-order valence-electron chi connectivity index (χ0n) is 9.53. The first-order chi connectivity index (χ1) is 8.49. The lowest BCUT2D eigenvalue weighted by Crippen LogP contribution is -2.40. The van der Waals surface area contributed by atoms with Gasteiger partial charge in [0.2, 0.25) is 10.0 Å². The average Bonchev–Trinajstić information content (AvgIpc) is 2.33. The zero-order valence-corrected chi connectivity index (χ0v) is 13.5. The Labute approximate surface area is 123 Å². The van der Waals surface area contributed by atoms with E-state index in [1.54, 1.807) is 18.2 Å². The molecule has 0 bridgehead atoms. The number of ether oxygens (including phenoxy) is 1. The van der Waals surface area contributed by atoms with Crippen molar-refractivity contribution < 1.29 is 13.2 Å². The van der Waals surface area contributed by atoms with Crippen molar-refractivity contribution in [2.75, 3.05) is 13.2 Å². The van der Waals surface area contributed by atoms with Crippen molar-refractivity contribution >= 4 is 41.9 Å². The van der Waals surface area contributed by atoms with Crippen LogP contribution in [0.5, 0.6) is 0 Å². The summed E-state index contributed by atoms with van der Waals surface area (Å²) in [5.41, 5.74) is 0. The molecule has 1 unspecified atom stereocenters. The molecule has 2 rings (SSSR count). The van der Waals surface area contributed by atoms with Gasteiger partial charge in [0, 0.05) is 21.6 Å². The smallest absolute Gasteiger partial charge is 0.242 e. The average molecular weight is 399 g/mol. The number of sulfonamides is 1. The molecule has 100 valence electrons. The van der Waals surface area contributed by atoms with Gasteiger partial charge in [-0.25, -0.2) is 13.1 Å². The van der Waals surface area contributed by atoms with Gasteiger partial charge in [-0.1, -0.05) is 15.9 Å². The molecule has 1 aromatic carbocycles. The standard InChI is InChI=1S/C11H13Br2NO3S/c12-8-3-4-10(13)11(6-8)18(15,16)14-9-2-1-5-17-7-9/h3-4,6,9,14H,1-2,5,7H2. The quantitative estimate of drug-likeness (QED) is 0.851. The Kier molecular flexibility index (Phi) is 4.82. The molecule has 7 heteroatoms. The van der Waals surface area contributed by atoms with Crippen LogP contribution in [-0.2, 0) is 14.8 Å². The molecule has 1 fully saturated rings. The fourth-order valence-electron chi connectivity index (χ4n) is 1.80. The van der Waals surface area contributed by atoms with Gasteiger partial charge in [0.25, 0.3) is 0 Å². The maximum Gasteiger partial charge on any atom is 0.242 e. The highest BCUT2D eigenvalue weighted by molar-refractivity contribution is 9.11. The Morgan fingerprint density at radius 3 is 2.78 bits per heavy atom. The number of hydrogen-bond donors (Lipinski definition) is 1. The predicted molar refractivity (Wildman–Crippen MR) is 76.0 cm³/mol. The third-order valence-electron chi connectivity index (χ3n) is 2.66. The van der Waals surface area contributed by atoms with Crippen LogP contribution in [0, 0.1) is 0 Å². The van der Waals surface area contributed by atoms with Gasteiger partial charge in [-0.05, 0) is 47.0 Å². The molecular weight excluding hydrogens is 386 g/mol. The number of nitrogens with one attached hydrogen (secondary N) is 1. The Hall–Kier alpha value is 0.0500. The van der Waals surface area contributed by atoms with E-state index in [0.717, 1.165) is 17.3 Å². The molecule has 18 heavy (non-hydrogen) atoms. The van der Waals surface area contributed by atoms with E-state index in [-0.39, 0.29) is 10.9 Å². The molecular formula is C11H13Br2NO3S. The molecule has 1 heterocycles. The van der Waals surface area contributed by atoms with Crippen molar-refractivity contribution in [3.05, 3.63) is 27.1 Å². The summed E-state index contributed by atoms with van der Waals surface area (Å²) >= 11 is 6.54. The van der Waals surface area contributed by atoms with Crippen LogP contribution < -0.4 is 4.72 Å². The van der Waals surface area contributed by atoms with Crippen LogP contribution in [0.4, 0.5) is 0 Å². The monoisotopic (exact) mass is 397 g/mol. The fourth-order valence-corrected chi connectivity index (χ4v) is 4.56. The molecule has 0 aliphatic carbocycles. The van der Waals surface area contributed by atoms with Gasteiger partial charge < -0.3 is 4.74 Å². The normalized spacial score (nSPS) is 20.9. The first-order valence-corrected chi connectivity index (χ1v) is 8.61. The van der Waals surface area contributed by atoms with Crippen molar-refractivity contribution in [1.82, 2.24) is 4.72 Å². The van der Waals surface area contributed by atoms with E-state index in [9.17, 15) is 8.42 Å². The molecule has 0 radical (unpaired) electrons. The van der Waals surface area contributed by atoms with Crippen molar-refractivity contribution in [1.29, 1.82) is 0 Å². The van der Waals surface area contributed by atoms with E-state index < -0.39 is 10.0 Å². The third kappa shape index (κ3) is 3.54. The zero-order chi connectivity index (χ0) is 13.2. The van der Waals surface area contributed by atoms with Gasteiger partial charge in [-0.15, -0.1) is 0 Å². The maximum absolute atomic E-state index is 12.3. The highest BCUT2D eigenvalue weighted by Gasteiger charge is 2.24. The molecule has 1 aromatic rings. The second-order valence-electron chi connectivity index (χ2n) is 4.11. The van der Waals surface area contributed by atoms with E-state index in [4.69, 9.17) is 4.74 Å². The van der Waals surface area contributed by atoms with Gasteiger partial charge in [0.1, 0.15) is 0 Å². The molecule has 0 amide bonds. The van der Waals surface area contributed by atoms with Crippen LogP contribution >= 0.6 is 31.9 Å². The van der Waals surface area contributed by atoms with Crippen molar-refractivity contribution in [3.63, 3.8) is 0 Å². The summed E-state index contributed by atoms with van der Waals surface area (Å²) in [6.45, 7) is 1.14. The van der Waals surface area contributed by atoms with Crippen molar-refractivity contribution in [2.24, 2.45) is 0 Å². The topological polar surface area (TPSA) is 55.4 Å². The summed E-state index contributed by atoms with van der Waals surface area (Å²) in [5.74, 6) is 0. The Balaban J connectivity index is 2.21. The van der Waals surface area contributed by atoms with Gasteiger partial charge in [0.15, 0.2) is 0 Å². The number of benzene rings is 1. The van der Waals surface area contributed by atoms with E-state index in [1.165, 1.54) is 0 Å². The van der Waals surface area contributed by atoms with E-state index in [0.29, 0.717) is 17.7 Å². The summed E-state index contributed by atoms with van der Waals surface area (Å²) < 4.78 is 33.7. The molecule has 1 atom stereocenters. The van der Waals surface area contributed by atoms with E-state index >= 15 is 0 Å². The third-order valence-corrected chi connectivity index (χ3v) is 5.67. The largest absolute Gasteiger partial charge is 0.380 e. The molecule has 1 saturated heterocycles. The van der Waals surface area contributed by atoms with Crippen molar-refractivity contribution in [2.45, 2.75) is 23.8 Å². The summed E-state index contributed by atoms with van der Waals surface area (Å²) in [6, 6.07) is 4.92. The Morgan fingerprint density at radius 1 is 1.33 bits per heavy atom. The SMILES string of the molecule is O=S(=O)(NC1CCCOC1)c1cc(Br)ccc1Br. The Bertz CT molecular complexity index is 527. The second kappa shape index (κ2) is 6.00. The summed E-state index contributed by atoms with van der Waals surface area (Å²) in [7, 11) is -3.52. The lowest BCUT2D eigenvalue weighted by molar-refractivity contribution is 0.0774. The Morgan fingerprint density at radius 2 is 2.11 bits per heavy atom. The molecule has 0 aromatic heterocycles. The molecule has 1 aliphatic rings. The lowest BCUT2D eigenvalue weighted by atomic mass is 10.1. The second-order valence-corrected chi connectivity index (χ2v) is 7.56. The highest BCUT2D eigenvalue weighted by atomic mass is 79.9. The number of rotatable bonds is 3. The van der Waals surface area contributed by atoms with E-state index in [1.807, 2.05) is 0 Å². The lowest BCUT2D eigenvalue weighted by Gasteiger charge is -2.23. The predicted octanol–water partition coefficient (Wildman–Crippen LogP) is 2.67. The van der Waals surface area contributed by atoms with Gasteiger partial charge in [-0.2, -0.15) is 0 Å². The maximum atomic E-state index is 12.3. The van der Waals surface area contributed by atoms with Gasteiger partial charge >= 0.3 is 0 Å². The van der Waals surface area contributed by atoms with Crippen LogP contribution in [-0.4, -0.2) is 27.7 Å². The van der Waals surface area contributed by atoms with Crippen molar-refractivity contribution in [3.8, 4) is 0 Å². The minimum atomic E-state index is -3.52. The van der Waals surface area contributed by atoms with Crippen LogP contribution in [0.15, 0.2) is 32.0 Å². The number of hydrogen-bond acceptors (Lipinski definition) is 3. The van der Waals surface area contributed by atoms with Crippen LogP contribution in [0.1, 0.15) is 12.8 Å². The summed E-state index contributed by atoms with van der Waals surface area (Å²) in [4.78, 5) is 0.238. The molecule has 4 nitrogen and oxygen atoms in total. The molecule has 0 saturated carbocycles. The summed E-state index contributed by atoms with van der Waals surface area (Å²) in [5, 5.41) is 0. The van der Waals surface area contributed by atoms with Crippen LogP contribution in [0.3, 0.4) is 0 Å². The van der Waals surface area contributed by atoms with Crippen LogP contribution in [0.25, 0.3) is 0 Å². The summed E-state index contributed by atoms with van der Waals surface area (Å²) in [6.07, 6.45) is 1.69. The molecule has 1 aliphatic heterocycles. The highest BCUT2D eigenvalue weighted by Crippen LogP contribution is 2.26.